The Bertz CT molecular complexity index is 1230. The van der Waals surface area contributed by atoms with Crippen molar-refractivity contribution in [2.75, 3.05) is 13.2 Å². The lowest BCUT2D eigenvalue weighted by Gasteiger charge is -2.18. The lowest BCUT2D eigenvalue weighted by atomic mass is 10.0. The highest BCUT2D eigenvalue weighted by Gasteiger charge is 2.19. The number of rotatable bonds is 49. The standard InChI is InChI=1S/C59H102O6/c1-4-7-10-13-16-18-20-22-23-24-25-26-27-28-29-30-31-32-33-34-35-37-38-40-43-46-49-52-58(61)64-55-56(54-63-57(60)51-48-45-42-15-12-9-6-3)65-59(62)53-50-47-44-41-39-36-21-19-17-14-11-8-5-2/h8,11,17,19-20,22,24-25,27-28,36,39,56H,4-7,9-10,12-16,18,21,23,26,29-35,37-38,40-55H2,1-3H3/b11-8-,19-17-,22-20-,25-24-,28-27-,39-36-. The van der Waals surface area contributed by atoms with E-state index in [4.69, 9.17) is 14.2 Å². The van der Waals surface area contributed by atoms with E-state index in [2.05, 4.69) is 93.7 Å². The second-order valence-corrected chi connectivity index (χ2v) is 18.1. The van der Waals surface area contributed by atoms with E-state index >= 15 is 0 Å². The molecule has 1 unspecified atom stereocenters. The fourth-order valence-corrected chi connectivity index (χ4v) is 7.58. The summed E-state index contributed by atoms with van der Waals surface area (Å²) >= 11 is 0. The topological polar surface area (TPSA) is 78.9 Å². The van der Waals surface area contributed by atoms with Gasteiger partial charge in [0.2, 0.25) is 0 Å². The second kappa shape index (κ2) is 53.5. The quantitative estimate of drug-likeness (QED) is 0.0262. The second-order valence-electron chi connectivity index (χ2n) is 18.1. The van der Waals surface area contributed by atoms with Crippen molar-refractivity contribution < 1.29 is 28.6 Å². The molecule has 374 valence electrons. The van der Waals surface area contributed by atoms with Gasteiger partial charge in [0.1, 0.15) is 13.2 Å². The van der Waals surface area contributed by atoms with Crippen LogP contribution in [0.25, 0.3) is 0 Å². The number of ether oxygens (including phenoxy) is 3. The van der Waals surface area contributed by atoms with Crippen LogP contribution in [-0.2, 0) is 28.6 Å². The molecular weight excluding hydrogens is 805 g/mol. The molecule has 0 aromatic carbocycles. The fraction of sp³-hybridized carbons (Fsp3) is 0.746. The maximum Gasteiger partial charge on any atom is 0.306 e. The highest BCUT2D eigenvalue weighted by Crippen LogP contribution is 2.15. The van der Waals surface area contributed by atoms with E-state index in [1.165, 1.54) is 128 Å². The average Bonchev–Trinajstić information content (AvgIpc) is 3.30. The Morgan fingerprint density at radius 3 is 0.954 bits per heavy atom. The Hall–Kier alpha value is -3.15. The van der Waals surface area contributed by atoms with Gasteiger partial charge in [-0.1, -0.05) is 229 Å². The molecule has 0 N–H and O–H groups in total. The zero-order valence-electron chi connectivity index (χ0n) is 42.7. The summed E-state index contributed by atoms with van der Waals surface area (Å²) in [6.45, 7) is 6.45. The SMILES string of the molecule is CC/C=C\C/C=C\C/C=C\CCCCCC(=O)OC(COC(=O)CCCCCCCCC)COC(=O)CCCCCCCCCCCCCC/C=C\C/C=C\C/C=C\CCCCCCC. The molecule has 1 atom stereocenters. The molecule has 0 rings (SSSR count). The molecule has 0 aliphatic heterocycles. The van der Waals surface area contributed by atoms with Gasteiger partial charge in [-0.3, -0.25) is 14.4 Å². The molecule has 0 aliphatic carbocycles. The highest BCUT2D eigenvalue weighted by atomic mass is 16.6. The summed E-state index contributed by atoms with van der Waals surface area (Å²) < 4.78 is 16.7. The van der Waals surface area contributed by atoms with E-state index in [-0.39, 0.29) is 31.1 Å². The van der Waals surface area contributed by atoms with Crippen molar-refractivity contribution in [2.45, 2.75) is 271 Å². The number of allylic oxidation sites excluding steroid dienone is 12. The molecule has 6 nitrogen and oxygen atoms in total. The minimum Gasteiger partial charge on any atom is -0.462 e. The summed E-state index contributed by atoms with van der Waals surface area (Å²) in [6.07, 6.45) is 67.8. The molecule has 0 aromatic rings. The number of carbonyl (C=O) groups is 3. The largest absolute Gasteiger partial charge is 0.462 e. The number of hydrogen-bond acceptors (Lipinski definition) is 6. The van der Waals surface area contributed by atoms with Crippen molar-refractivity contribution in [3.05, 3.63) is 72.9 Å². The third-order valence-corrected chi connectivity index (χ3v) is 11.7. The summed E-state index contributed by atoms with van der Waals surface area (Å²) in [7, 11) is 0. The Kier molecular flexibility index (Phi) is 50.9. The average molecular weight is 907 g/mol. The smallest absolute Gasteiger partial charge is 0.306 e. The Labute approximate surface area is 402 Å². The summed E-state index contributed by atoms with van der Waals surface area (Å²) in [6, 6.07) is 0. The molecule has 0 fully saturated rings. The van der Waals surface area contributed by atoms with Crippen LogP contribution >= 0.6 is 0 Å². The van der Waals surface area contributed by atoms with E-state index in [0.717, 1.165) is 96.3 Å². The van der Waals surface area contributed by atoms with Gasteiger partial charge in [-0.25, -0.2) is 0 Å². The maximum absolute atomic E-state index is 12.7. The predicted octanol–water partition coefficient (Wildman–Crippen LogP) is 18.2. The number of unbranched alkanes of at least 4 members (excludes halogenated alkanes) is 26. The van der Waals surface area contributed by atoms with E-state index in [1.54, 1.807) is 0 Å². The molecule has 0 aromatic heterocycles. The van der Waals surface area contributed by atoms with Gasteiger partial charge >= 0.3 is 17.9 Å². The van der Waals surface area contributed by atoms with E-state index < -0.39 is 6.10 Å². The van der Waals surface area contributed by atoms with Crippen LogP contribution < -0.4 is 0 Å². The summed E-state index contributed by atoms with van der Waals surface area (Å²) in [5, 5.41) is 0. The zero-order chi connectivity index (χ0) is 47.2. The van der Waals surface area contributed by atoms with Crippen molar-refractivity contribution in [1.29, 1.82) is 0 Å². The summed E-state index contributed by atoms with van der Waals surface area (Å²) in [5.74, 6) is -0.923. The zero-order valence-corrected chi connectivity index (χ0v) is 42.7. The Morgan fingerprint density at radius 1 is 0.323 bits per heavy atom. The predicted molar refractivity (Wildman–Crippen MR) is 279 cm³/mol. The van der Waals surface area contributed by atoms with E-state index in [0.29, 0.717) is 19.3 Å². The fourth-order valence-electron chi connectivity index (χ4n) is 7.58. The van der Waals surface area contributed by atoms with Crippen LogP contribution in [0.2, 0.25) is 0 Å². The molecule has 6 heteroatoms. The normalized spacial score (nSPS) is 12.6. The van der Waals surface area contributed by atoms with Gasteiger partial charge in [0.05, 0.1) is 0 Å². The van der Waals surface area contributed by atoms with Gasteiger partial charge < -0.3 is 14.2 Å². The van der Waals surface area contributed by atoms with Crippen LogP contribution in [0.4, 0.5) is 0 Å². The van der Waals surface area contributed by atoms with Crippen molar-refractivity contribution in [3.8, 4) is 0 Å². The van der Waals surface area contributed by atoms with Gasteiger partial charge in [0.15, 0.2) is 6.10 Å². The van der Waals surface area contributed by atoms with Gasteiger partial charge in [-0.05, 0) is 89.9 Å². The third kappa shape index (κ3) is 51.7. The first-order chi connectivity index (χ1) is 32.0. The molecule has 0 radical (unpaired) electrons. The Morgan fingerprint density at radius 2 is 0.600 bits per heavy atom. The molecule has 65 heavy (non-hydrogen) atoms. The molecule has 0 saturated heterocycles. The van der Waals surface area contributed by atoms with Gasteiger partial charge in [-0.15, -0.1) is 0 Å². The van der Waals surface area contributed by atoms with Crippen molar-refractivity contribution in [2.24, 2.45) is 0 Å². The minimum atomic E-state index is -0.787. The number of esters is 3. The lowest BCUT2D eigenvalue weighted by Crippen LogP contribution is -2.30. The van der Waals surface area contributed by atoms with Crippen molar-refractivity contribution >= 4 is 17.9 Å². The van der Waals surface area contributed by atoms with Crippen LogP contribution in [0.15, 0.2) is 72.9 Å². The molecule has 0 heterocycles. The van der Waals surface area contributed by atoms with E-state index in [9.17, 15) is 14.4 Å². The number of carbonyl (C=O) groups excluding carboxylic acids is 3. The summed E-state index contributed by atoms with van der Waals surface area (Å²) in [5.41, 5.74) is 0. The monoisotopic (exact) mass is 907 g/mol. The first kappa shape index (κ1) is 61.9. The van der Waals surface area contributed by atoms with Crippen LogP contribution in [-0.4, -0.2) is 37.2 Å². The van der Waals surface area contributed by atoms with Crippen molar-refractivity contribution in [1.82, 2.24) is 0 Å². The third-order valence-electron chi connectivity index (χ3n) is 11.7. The highest BCUT2D eigenvalue weighted by molar-refractivity contribution is 5.71. The molecule has 0 amide bonds. The van der Waals surface area contributed by atoms with Gasteiger partial charge in [0.25, 0.3) is 0 Å². The van der Waals surface area contributed by atoms with Gasteiger partial charge in [-0.2, -0.15) is 0 Å². The van der Waals surface area contributed by atoms with Crippen LogP contribution in [0.5, 0.6) is 0 Å². The lowest BCUT2D eigenvalue weighted by molar-refractivity contribution is -0.167. The van der Waals surface area contributed by atoms with Crippen molar-refractivity contribution in [3.63, 3.8) is 0 Å². The molecular formula is C59H102O6. The van der Waals surface area contributed by atoms with Crippen LogP contribution in [0.1, 0.15) is 265 Å². The van der Waals surface area contributed by atoms with Gasteiger partial charge in [0, 0.05) is 19.3 Å². The molecule has 0 spiro atoms. The summed E-state index contributed by atoms with van der Waals surface area (Å²) in [4.78, 5) is 37.8. The Balaban J connectivity index is 4.13. The van der Waals surface area contributed by atoms with Crippen LogP contribution in [0.3, 0.4) is 0 Å². The molecule has 0 saturated carbocycles. The molecule has 0 aliphatic rings. The first-order valence-corrected chi connectivity index (χ1v) is 27.4. The minimum absolute atomic E-state index is 0.0869. The maximum atomic E-state index is 12.7. The molecule has 0 bridgehead atoms. The van der Waals surface area contributed by atoms with E-state index in [1.807, 2.05) is 0 Å². The van der Waals surface area contributed by atoms with Crippen LogP contribution in [0, 0.1) is 0 Å². The number of hydrogen-bond donors (Lipinski definition) is 0. The first-order valence-electron chi connectivity index (χ1n) is 27.4.